The molecule has 0 spiro atoms. The summed E-state index contributed by atoms with van der Waals surface area (Å²) < 4.78 is 0. The van der Waals surface area contributed by atoms with E-state index in [4.69, 9.17) is 5.11 Å². The van der Waals surface area contributed by atoms with Gasteiger partial charge in [0, 0.05) is 5.57 Å². The van der Waals surface area contributed by atoms with E-state index in [0.717, 1.165) is 6.29 Å². The van der Waals surface area contributed by atoms with Crippen LogP contribution in [-0.2, 0) is 9.59 Å². The molecular formula is C9H14O3. The maximum atomic E-state index is 9.86. The van der Waals surface area contributed by atoms with Crippen molar-refractivity contribution in [2.75, 3.05) is 0 Å². The van der Waals surface area contributed by atoms with E-state index in [9.17, 15) is 9.59 Å². The van der Waals surface area contributed by atoms with Crippen LogP contribution in [0, 0.1) is 0 Å². The van der Waals surface area contributed by atoms with Gasteiger partial charge in [0.15, 0.2) is 0 Å². The number of carboxylic acids is 1. The van der Waals surface area contributed by atoms with E-state index in [1.165, 1.54) is 0 Å². The standard InChI is InChI=1S/C5H8O2.C4H6O/c1-3-4(2)5(6)7;1-4(2)3-5/h3H,1-2H3,(H,6,7);3H,1H2,2H3/b4-3+;. The zero-order chi connectivity index (χ0) is 10.1. The SMILES string of the molecule is C/C=C(\C)C(=O)O.C=C(C)C=O. The Labute approximate surface area is 72.4 Å². The minimum Gasteiger partial charge on any atom is -0.478 e. The molecule has 12 heavy (non-hydrogen) atoms. The Morgan fingerprint density at radius 2 is 1.75 bits per heavy atom. The molecule has 3 nitrogen and oxygen atoms in total. The minimum atomic E-state index is -0.845. The highest BCUT2D eigenvalue weighted by atomic mass is 16.4. The maximum Gasteiger partial charge on any atom is 0.330 e. The third-order valence-corrected chi connectivity index (χ3v) is 0.972. The van der Waals surface area contributed by atoms with Crippen molar-refractivity contribution in [3.05, 3.63) is 23.8 Å². The van der Waals surface area contributed by atoms with Crippen LogP contribution in [0.2, 0.25) is 0 Å². The fourth-order valence-corrected chi connectivity index (χ4v) is 0.123. The van der Waals surface area contributed by atoms with Gasteiger partial charge in [-0.25, -0.2) is 4.79 Å². The molecule has 0 saturated heterocycles. The second kappa shape index (κ2) is 7.72. The first kappa shape index (κ1) is 13.2. The van der Waals surface area contributed by atoms with Crippen LogP contribution in [0.15, 0.2) is 23.8 Å². The predicted molar refractivity (Wildman–Crippen MR) is 47.9 cm³/mol. The molecule has 0 aliphatic carbocycles. The van der Waals surface area contributed by atoms with E-state index >= 15 is 0 Å². The van der Waals surface area contributed by atoms with Crippen LogP contribution in [-0.4, -0.2) is 17.4 Å². The molecule has 0 heterocycles. The van der Waals surface area contributed by atoms with Crippen LogP contribution in [0.5, 0.6) is 0 Å². The van der Waals surface area contributed by atoms with Crippen LogP contribution < -0.4 is 0 Å². The Morgan fingerprint density at radius 3 is 1.75 bits per heavy atom. The summed E-state index contributed by atoms with van der Waals surface area (Å²) in [5, 5.41) is 8.11. The Bertz CT molecular complexity index is 202. The van der Waals surface area contributed by atoms with Crippen LogP contribution in [0.1, 0.15) is 20.8 Å². The first-order chi connectivity index (χ1) is 5.45. The third-order valence-electron chi connectivity index (χ3n) is 0.972. The highest BCUT2D eigenvalue weighted by molar-refractivity contribution is 5.85. The molecule has 0 atom stereocenters. The van der Waals surface area contributed by atoms with Crippen molar-refractivity contribution in [2.24, 2.45) is 0 Å². The molecule has 0 aliphatic rings. The number of carbonyl (C=O) groups is 2. The van der Waals surface area contributed by atoms with E-state index < -0.39 is 5.97 Å². The monoisotopic (exact) mass is 170 g/mol. The van der Waals surface area contributed by atoms with Gasteiger partial charge in [-0.2, -0.15) is 0 Å². The Hall–Kier alpha value is -1.38. The second-order valence-electron chi connectivity index (χ2n) is 2.24. The van der Waals surface area contributed by atoms with Crippen LogP contribution >= 0.6 is 0 Å². The predicted octanol–water partition coefficient (Wildman–Crippen LogP) is 1.80. The van der Waals surface area contributed by atoms with Crippen molar-refractivity contribution >= 4 is 12.3 Å². The van der Waals surface area contributed by atoms with Gasteiger partial charge in [0.1, 0.15) is 6.29 Å². The van der Waals surface area contributed by atoms with Crippen LogP contribution in [0.25, 0.3) is 0 Å². The molecule has 68 valence electrons. The lowest BCUT2D eigenvalue weighted by atomic mass is 10.3. The third kappa shape index (κ3) is 11.4. The zero-order valence-corrected chi connectivity index (χ0v) is 7.63. The van der Waals surface area contributed by atoms with Gasteiger partial charge in [-0.15, -0.1) is 0 Å². The highest BCUT2D eigenvalue weighted by Crippen LogP contribution is 1.87. The van der Waals surface area contributed by atoms with E-state index in [1.54, 1.807) is 26.8 Å². The van der Waals surface area contributed by atoms with Gasteiger partial charge in [-0.1, -0.05) is 12.7 Å². The number of rotatable bonds is 2. The molecule has 0 bridgehead atoms. The van der Waals surface area contributed by atoms with Gasteiger partial charge in [0.05, 0.1) is 0 Å². The lowest BCUT2D eigenvalue weighted by Gasteiger charge is -1.84. The summed E-state index contributed by atoms with van der Waals surface area (Å²) >= 11 is 0. The lowest BCUT2D eigenvalue weighted by molar-refractivity contribution is -0.132. The normalized spacial score (nSPS) is 9.42. The summed E-state index contributed by atoms with van der Waals surface area (Å²) in [5.41, 5.74) is 0.963. The molecule has 0 saturated carbocycles. The van der Waals surface area contributed by atoms with Crippen molar-refractivity contribution in [1.82, 2.24) is 0 Å². The fraction of sp³-hybridized carbons (Fsp3) is 0.333. The summed E-state index contributed by atoms with van der Waals surface area (Å²) in [6.45, 7) is 8.22. The summed E-state index contributed by atoms with van der Waals surface area (Å²) in [6.07, 6.45) is 2.28. The van der Waals surface area contributed by atoms with Crippen molar-refractivity contribution in [1.29, 1.82) is 0 Å². The molecule has 0 aromatic carbocycles. The maximum absolute atomic E-state index is 9.86. The van der Waals surface area contributed by atoms with Crippen molar-refractivity contribution in [2.45, 2.75) is 20.8 Å². The molecule has 0 aliphatic heterocycles. The molecule has 0 fully saturated rings. The van der Waals surface area contributed by atoms with Gasteiger partial charge in [-0.3, -0.25) is 4.79 Å². The summed E-state index contributed by atoms with van der Waals surface area (Å²) in [4.78, 5) is 19.3. The van der Waals surface area contributed by atoms with Crippen molar-refractivity contribution in [3.8, 4) is 0 Å². The summed E-state index contributed by atoms with van der Waals surface area (Å²) in [6, 6.07) is 0. The number of carbonyl (C=O) groups excluding carboxylic acids is 1. The topological polar surface area (TPSA) is 54.4 Å². The average Bonchev–Trinajstić information content (AvgIpc) is 2.04. The van der Waals surface area contributed by atoms with E-state index in [2.05, 4.69) is 6.58 Å². The minimum absolute atomic E-state index is 0.389. The quantitative estimate of drug-likeness (QED) is 0.507. The first-order valence-electron chi connectivity index (χ1n) is 3.42. The first-order valence-corrected chi connectivity index (χ1v) is 3.42. The number of hydrogen-bond acceptors (Lipinski definition) is 2. The zero-order valence-electron chi connectivity index (χ0n) is 7.63. The van der Waals surface area contributed by atoms with Gasteiger partial charge in [0.2, 0.25) is 0 Å². The van der Waals surface area contributed by atoms with Gasteiger partial charge >= 0.3 is 5.97 Å². The number of allylic oxidation sites excluding steroid dienone is 2. The lowest BCUT2D eigenvalue weighted by Crippen LogP contribution is -1.93. The van der Waals surface area contributed by atoms with Gasteiger partial charge in [-0.05, 0) is 26.3 Å². The molecule has 3 heteroatoms. The largest absolute Gasteiger partial charge is 0.478 e. The van der Waals surface area contributed by atoms with Crippen LogP contribution in [0.4, 0.5) is 0 Å². The van der Waals surface area contributed by atoms with E-state index in [1.807, 2.05) is 0 Å². The molecule has 0 unspecified atom stereocenters. The number of carboxylic acid groups (broad SMARTS) is 1. The number of aldehydes is 1. The Balaban J connectivity index is 0. The molecule has 0 aromatic heterocycles. The summed E-state index contributed by atoms with van der Waals surface area (Å²) in [5.74, 6) is -0.845. The number of aliphatic carboxylic acids is 1. The highest BCUT2D eigenvalue weighted by Gasteiger charge is 1.93. The van der Waals surface area contributed by atoms with Crippen molar-refractivity contribution < 1.29 is 14.7 Å². The Morgan fingerprint density at radius 1 is 1.42 bits per heavy atom. The Kier molecular flexibility index (Phi) is 8.51. The summed E-state index contributed by atoms with van der Waals surface area (Å²) in [7, 11) is 0. The van der Waals surface area contributed by atoms with Gasteiger partial charge in [0.25, 0.3) is 0 Å². The molecule has 0 radical (unpaired) electrons. The molecule has 0 aromatic rings. The smallest absolute Gasteiger partial charge is 0.330 e. The molecular weight excluding hydrogens is 156 g/mol. The van der Waals surface area contributed by atoms with Crippen molar-refractivity contribution in [3.63, 3.8) is 0 Å². The average molecular weight is 170 g/mol. The van der Waals surface area contributed by atoms with Crippen LogP contribution in [0.3, 0.4) is 0 Å². The molecule has 0 amide bonds. The fourth-order valence-electron chi connectivity index (χ4n) is 0.123. The van der Waals surface area contributed by atoms with Gasteiger partial charge < -0.3 is 5.11 Å². The van der Waals surface area contributed by atoms with E-state index in [0.29, 0.717) is 11.1 Å². The second-order valence-corrected chi connectivity index (χ2v) is 2.24. The van der Waals surface area contributed by atoms with E-state index in [-0.39, 0.29) is 0 Å². The molecule has 1 N–H and O–H groups in total. The number of hydrogen-bond donors (Lipinski definition) is 1. The molecule has 0 rings (SSSR count).